The molecule has 1 aliphatic rings. The highest BCUT2D eigenvalue weighted by atomic mass is 32.2. The van der Waals surface area contributed by atoms with Gasteiger partial charge >= 0.3 is 0 Å². The lowest BCUT2D eigenvalue weighted by atomic mass is 9.99. The van der Waals surface area contributed by atoms with Crippen molar-refractivity contribution >= 4 is 15.9 Å². The Morgan fingerprint density at radius 2 is 1.86 bits per heavy atom. The minimum absolute atomic E-state index is 0.0564. The van der Waals surface area contributed by atoms with Gasteiger partial charge in [-0.05, 0) is 67.6 Å². The number of amides is 1. The Kier molecular flexibility index (Phi) is 6.72. The molecular weight excluding hydrogens is 388 g/mol. The maximum atomic E-state index is 13.1. The standard InChI is InChI=1S/C22H28N2O4S/c1-16-6-7-19(15-17(16)2)21-5-4-13-24(21)22(25)18-8-10-20(11-9-18)29(26,27)23-12-14-28-3/h6-11,15,21,23H,4-5,12-14H2,1-3H3. The van der Waals surface area contributed by atoms with E-state index < -0.39 is 10.0 Å². The molecule has 1 unspecified atom stereocenters. The second-order valence-electron chi connectivity index (χ2n) is 7.42. The summed E-state index contributed by atoms with van der Waals surface area (Å²) in [6, 6.07) is 12.5. The van der Waals surface area contributed by atoms with E-state index in [2.05, 4.69) is 36.8 Å². The summed E-state index contributed by atoms with van der Waals surface area (Å²) < 4.78 is 31.9. The quantitative estimate of drug-likeness (QED) is 0.704. The molecule has 0 spiro atoms. The van der Waals surface area contributed by atoms with Gasteiger partial charge in [0, 0.05) is 25.8 Å². The zero-order valence-corrected chi connectivity index (χ0v) is 18.0. The smallest absolute Gasteiger partial charge is 0.254 e. The number of hydrogen-bond donors (Lipinski definition) is 1. The molecule has 1 N–H and O–H groups in total. The van der Waals surface area contributed by atoms with Crippen LogP contribution in [0.5, 0.6) is 0 Å². The summed E-state index contributed by atoms with van der Waals surface area (Å²) in [4.78, 5) is 15.1. The van der Waals surface area contributed by atoms with Gasteiger partial charge < -0.3 is 9.64 Å². The molecule has 0 aliphatic carbocycles. The topological polar surface area (TPSA) is 75.7 Å². The predicted molar refractivity (Wildman–Crippen MR) is 112 cm³/mol. The third-order valence-corrected chi connectivity index (χ3v) is 6.92. The molecule has 1 amide bonds. The first-order valence-electron chi connectivity index (χ1n) is 9.80. The van der Waals surface area contributed by atoms with Gasteiger partial charge in [-0.3, -0.25) is 4.79 Å². The molecule has 6 nitrogen and oxygen atoms in total. The molecule has 156 valence electrons. The zero-order chi connectivity index (χ0) is 21.0. The Balaban J connectivity index is 1.76. The average molecular weight is 417 g/mol. The monoisotopic (exact) mass is 416 g/mol. The van der Waals surface area contributed by atoms with E-state index in [1.165, 1.54) is 30.4 Å². The van der Waals surface area contributed by atoms with Crippen LogP contribution in [0.25, 0.3) is 0 Å². The summed E-state index contributed by atoms with van der Waals surface area (Å²) in [7, 11) is -2.10. The predicted octanol–water partition coefficient (Wildman–Crippen LogP) is 3.21. The largest absolute Gasteiger partial charge is 0.383 e. The van der Waals surface area contributed by atoms with Crippen LogP contribution >= 0.6 is 0 Å². The third-order valence-electron chi connectivity index (χ3n) is 5.44. The van der Waals surface area contributed by atoms with Crippen molar-refractivity contribution in [1.29, 1.82) is 0 Å². The number of nitrogens with zero attached hydrogens (tertiary/aromatic N) is 1. The number of rotatable bonds is 7. The second-order valence-corrected chi connectivity index (χ2v) is 9.18. The Morgan fingerprint density at radius 1 is 1.14 bits per heavy atom. The van der Waals surface area contributed by atoms with E-state index in [-0.39, 0.29) is 23.4 Å². The van der Waals surface area contributed by atoms with Crippen LogP contribution in [0.15, 0.2) is 47.4 Å². The van der Waals surface area contributed by atoms with Gasteiger partial charge in [0.25, 0.3) is 5.91 Å². The second kappa shape index (κ2) is 9.07. The first kappa shape index (κ1) is 21.5. The minimum atomic E-state index is -3.61. The molecule has 1 saturated heterocycles. The first-order valence-corrected chi connectivity index (χ1v) is 11.3. The first-order chi connectivity index (χ1) is 13.8. The van der Waals surface area contributed by atoms with Gasteiger partial charge in [0.2, 0.25) is 10.0 Å². The molecule has 2 aromatic rings. The number of aryl methyl sites for hydroxylation is 2. The molecule has 29 heavy (non-hydrogen) atoms. The van der Waals surface area contributed by atoms with E-state index in [4.69, 9.17) is 4.74 Å². The number of sulfonamides is 1. The van der Waals surface area contributed by atoms with E-state index in [0.29, 0.717) is 18.7 Å². The Labute approximate surface area is 172 Å². The third kappa shape index (κ3) is 4.86. The molecule has 0 radical (unpaired) electrons. The van der Waals surface area contributed by atoms with Gasteiger partial charge in [0.15, 0.2) is 0 Å². The molecule has 0 saturated carbocycles. The van der Waals surface area contributed by atoms with Crippen LogP contribution in [0.1, 0.15) is 45.9 Å². The molecule has 7 heteroatoms. The molecule has 2 aromatic carbocycles. The maximum absolute atomic E-state index is 13.1. The number of methoxy groups -OCH3 is 1. The van der Waals surface area contributed by atoms with Gasteiger partial charge in [-0.1, -0.05) is 18.2 Å². The van der Waals surface area contributed by atoms with Crippen LogP contribution in [0, 0.1) is 13.8 Å². The molecule has 1 fully saturated rings. The number of likely N-dealkylation sites (tertiary alicyclic amines) is 1. The van der Waals surface area contributed by atoms with Crippen LogP contribution in [-0.4, -0.2) is 46.0 Å². The van der Waals surface area contributed by atoms with Crippen LogP contribution in [0.3, 0.4) is 0 Å². The average Bonchev–Trinajstić information content (AvgIpc) is 3.19. The fourth-order valence-corrected chi connectivity index (χ4v) is 4.65. The number of ether oxygens (including phenoxy) is 1. The van der Waals surface area contributed by atoms with Gasteiger partial charge in [0.05, 0.1) is 17.5 Å². The molecule has 1 atom stereocenters. The summed E-state index contributed by atoms with van der Waals surface area (Å²) in [6.45, 7) is 5.36. The Hall–Kier alpha value is -2.22. The number of nitrogens with one attached hydrogen (secondary N) is 1. The van der Waals surface area contributed by atoms with Crippen molar-refractivity contribution in [1.82, 2.24) is 9.62 Å². The van der Waals surface area contributed by atoms with E-state index >= 15 is 0 Å². The van der Waals surface area contributed by atoms with Crippen molar-refractivity contribution in [2.24, 2.45) is 0 Å². The molecule has 1 heterocycles. The summed E-state index contributed by atoms with van der Waals surface area (Å²) >= 11 is 0. The SMILES string of the molecule is COCCNS(=O)(=O)c1ccc(C(=O)N2CCCC2c2ccc(C)c(C)c2)cc1. The normalized spacial score (nSPS) is 16.9. The number of carbonyl (C=O) groups is 1. The van der Waals surface area contributed by atoms with Crippen molar-refractivity contribution in [2.75, 3.05) is 26.8 Å². The van der Waals surface area contributed by atoms with Crippen molar-refractivity contribution in [3.8, 4) is 0 Å². The van der Waals surface area contributed by atoms with Crippen molar-refractivity contribution < 1.29 is 17.9 Å². The lowest BCUT2D eigenvalue weighted by Gasteiger charge is -2.26. The van der Waals surface area contributed by atoms with Gasteiger partial charge in [-0.2, -0.15) is 0 Å². The highest BCUT2D eigenvalue weighted by Crippen LogP contribution is 2.34. The summed E-state index contributed by atoms with van der Waals surface area (Å²) in [6.07, 6.45) is 1.89. The minimum Gasteiger partial charge on any atom is -0.383 e. The van der Waals surface area contributed by atoms with Gasteiger partial charge in [0.1, 0.15) is 0 Å². The molecule has 3 rings (SSSR count). The Morgan fingerprint density at radius 3 is 2.52 bits per heavy atom. The van der Waals surface area contributed by atoms with E-state index in [0.717, 1.165) is 18.4 Å². The fourth-order valence-electron chi connectivity index (χ4n) is 3.63. The van der Waals surface area contributed by atoms with Crippen molar-refractivity contribution in [2.45, 2.75) is 37.6 Å². The molecular formula is C22H28N2O4S. The summed E-state index contributed by atoms with van der Waals surface area (Å²) in [5, 5.41) is 0. The van der Waals surface area contributed by atoms with Gasteiger partial charge in [-0.25, -0.2) is 13.1 Å². The highest BCUT2D eigenvalue weighted by Gasteiger charge is 2.31. The number of benzene rings is 2. The molecule has 1 aliphatic heterocycles. The lowest BCUT2D eigenvalue weighted by molar-refractivity contribution is 0.0735. The van der Waals surface area contributed by atoms with E-state index in [1.807, 2.05) is 4.90 Å². The van der Waals surface area contributed by atoms with E-state index in [9.17, 15) is 13.2 Å². The van der Waals surface area contributed by atoms with Gasteiger partial charge in [-0.15, -0.1) is 0 Å². The highest BCUT2D eigenvalue weighted by molar-refractivity contribution is 7.89. The lowest BCUT2D eigenvalue weighted by Crippen LogP contribution is -2.31. The van der Waals surface area contributed by atoms with Crippen molar-refractivity contribution in [3.05, 3.63) is 64.7 Å². The van der Waals surface area contributed by atoms with E-state index in [1.54, 1.807) is 12.1 Å². The van der Waals surface area contributed by atoms with Crippen LogP contribution in [0.2, 0.25) is 0 Å². The maximum Gasteiger partial charge on any atom is 0.254 e. The molecule has 0 aromatic heterocycles. The van der Waals surface area contributed by atoms with Crippen LogP contribution in [0.4, 0.5) is 0 Å². The number of carbonyl (C=O) groups excluding carboxylic acids is 1. The fraction of sp³-hybridized carbons (Fsp3) is 0.409. The summed E-state index contributed by atoms with van der Waals surface area (Å²) in [5.41, 5.74) is 4.11. The van der Waals surface area contributed by atoms with Crippen molar-refractivity contribution in [3.63, 3.8) is 0 Å². The van der Waals surface area contributed by atoms with Crippen LogP contribution < -0.4 is 4.72 Å². The number of hydrogen-bond acceptors (Lipinski definition) is 4. The molecule has 0 bridgehead atoms. The zero-order valence-electron chi connectivity index (χ0n) is 17.1. The summed E-state index contributed by atoms with van der Waals surface area (Å²) in [5.74, 6) is -0.0676. The Bertz CT molecular complexity index is 971. The van der Waals surface area contributed by atoms with Crippen LogP contribution in [-0.2, 0) is 14.8 Å².